The van der Waals surface area contributed by atoms with Crippen LogP contribution in [-0.4, -0.2) is 11.8 Å². The molecule has 2 aliphatic rings. The Morgan fingerprint density at radius 2 is 1.23 bits per heavy atom. The maximum atomic E-state index is 3.86. The number of nitrogens with zero attached hydrogens (tertiary/aromatic N) is 1. The molecule has 0 fully saturated rings. The summed E-state index contributed by atoms with van der Waals surface area (Å²) in [6, 6.07) is 59.5. The fraction of sp³-hybridized carbons (Fsp3) is 0.158. The Morgan fingerprint density at radius 1 is 0.557 bits per heavy atom. The van der Waals surface area contributed by atoms with Gasteiger partial charge in [-0.05, 0) is 130 Å². The second-order valence-corrected chi connectivity index (χ2v) is 20.0. The van der Waals surface area contributed by atoms with E-state index in [0.29, 0.717) is 0 Å². The highest BCUT2D eigenvalue weighted by Gasteiger charge is 2.39. The summed E-state index contributed by atoms with van der Waals surface area (Å²) in [7, 11) is 0.845. The summed E-state index contributed by atoms with van der Waals surface area (Å²) in [4.78, 5) is 0. The van der Waals surface area contributed by atoms with Gasteiger partial charge < -0.3 is 9.88 Å². The van der Waals surface area contributed by atoms with Crippen LogP contribution in [0.1, 0.15) is 57.2 Å². The summed E-state index contributed by atoms with van der Waals surface area (Å²) < 4.78 is 5.39. The number of nitrogens with one attached hydrogen (secondary N) is 1. The Balaban J connectivity index is 1.26. The highest BCUT2D eigenvalue weighted by Crippen LogP contribution is 2.51. The molecule has 10 aromatic rings. The number of hydrogen-bond acceptors (Lipinski definition) is 2. The van der Waals surface area contributed by atoms with E-state index in [-0.39, 0.29) is 10.8 Å². The van der Waals surface area contributed by atoms with Gasteiger partial charge in [-0.3, -0.25) is 0 Å². The van der Waals surface area contributed by atoms with Crippen molar-refractivity contribution in [3.8, 4) is 39.1 Å². The van der Waals surface area contributed by atoms with E-state index in [1.807, 2.05) is 11.3 Å². The monoisotopic (exact) mass is 802 g/mol. The standard InChI is InChI=1S/C57H47BN2S/c1-34-23-25-36(26-24-34)59-48-21-13-11-19-39(48)43-29-42(38-18-10-9-17-37(38)35-15-7-6-8-16-35)53-44-30-45-46(57(4,5)28-27-56(45,2)3)32-49(44)60-50-31-41-40-20-12-14-22-51(40)61-52(41)33-47(50)58-54(43)55(53)60/h6-26,29-33,58-59H,27-28H2,1-5H3. The quantitative estimate of drug-likeness (QED) is 0.172. The molecule has 0 saturated heterocycles. The average Bonchev–Trinajstić information content (AvgIpc) is 3.81. The minimum Gasteiger partial charge on any atom is -0.355 e. The first-order valence-corrected chi connectivity index (χ1v) is 22.7. The number of benzene rings is 8. The van der Waals surface area contributed by atoms with Gasteiger partial charge in [0, 0.05) is 59.1 Å². The van der Waals surface area contributed by atoms with Crippen molar-refractivity contribution in [3.63, 3.8) is 0 Å². The molecule has 61 heavy (non-hydrogen) atoms. The Bertz CT molecular complexity index is 3420. The number of fused-ring (bicyclic) bond motifs is 9. The van der Waals surface area contributed by atoms with Crippen LogP contribution in [0.25, 0.3) is 81.0 Å². The zero-order valence-electron chi connectivity index (χ0n) is 35.5. The van der Waals surface area contributed by atoms with Crippen LogP contribution in [0.5, 0.6) is 0 Å². The number of aromatic nitrogens is 1. The minimum atomic E-state index is 0.0676. The summed E-state index contributed by atoms with van der Waals surface area (Å²) in [6.07, 6.45) is 2.35. The zero-order valence-corrected chi connectivity index (χ0v) is 36.3. The largest absolute Gasteiger partial charge is 0.355 e. The predicted octanol–water partition coefficient (Wildman–Crippen LogP) is 14.3. The van der Waals surface area contributed by atoms with Gasteiger partial charge in [-0.25, -0.2) is 0 Å². The molecule has 0 spiro atoms. The molecule has 12 rings (SSSR count). The lowest BCUT2D eigenvalue weighted by Crippen LogP contribution is -2.37. The molecule has 0 bridgehead atoms. The maximum absolute atomic E-state index is 3.86. The number of rotatable bonds is 5. The van der Waals surface area contributed by atoms with Crippen LogP contribution >= 0.6 is 11.3 Å². The molecule has 0 amide bonds. The van der Waals surface area contributed by atoms with Crippen molar-refractivity contribution in [1.29, 1.82) is 0 Å². The smallest absolute Gasteiger partial charge is 0.198 e. The molecule has 0 saturated carbocycles. The van der Waals surface area contributed by atoms with Gasteiger partial charge >= 0.3 is 0 Å². The van der Waals surface area contributed by atoms with Crippen LogP contribution in [-0.2, 0) is 10.8 Å². The van der Waals surface area contributed by atoms with Crippen molar-refractivity contribution in [2.75, 3.05) is 5.32 Å². The average molecular weight is 803 g/mol. The lowest BCUT2D eigenvalue weighted by Gasteiger charge is -2.42. The molecule has 3 heterocycles. The normalized spacial score (nSPS) is 14.9. The number of thiophene rings is 1. The van der Waals surface area contributed by atoms with E-state index in [0.717, 1.165) is 18.7 Å². The molecule has 0 unspecified atom stereocenters. The number of para-hydroxylation sites is 1. The third-order valence-corrected chi connectivity index (χ3v) is 15.3. The van der Waals surface area contributed by atoms with Crippen LogP contribution < -0.4 is 16.2 Å². The van der Waals surface area contributed by atoms with Crippen molar-refractivity contribution in [2.45, 2.75) is 58.3 Å². The van der Waals surface area contributed by atoms with Gasteiger partial charge in [-0.2, -0.15) is 0 Å². The minimum absolute atomic E-state index is 0.0676. The molecule has 0 radical (unpaired) electrons. The SMILES string of the molecule is Cc1ccc(Nc2ccccc2-c2cc(-c3ccccc3-c3ccccc3)c3c4cc5c(cc4n4c3c2Bc2cc3sc6ccccc6c3cc2-4)C(C)(C)CCC5(C)C)cc1. The molecule has 1 N–H and O–H groups in total. The van der Waals surface area contributed by atoms with Gasteiger partial charge in [-0.15, -0.1) is 11.3 Å². The molecule has 0 atom stereocenters. The Kier molecular flexibility index (Phi) is 7.97. The first-order chi connectivity index (χ1) is 29.6. The first-order valence-electron chi connectivity index (χ1n) is 21.8. The third-order valence-electron chi connectivity index (χ3n) is 14.1. The topological polar surface area (TPSA) is 17.0 Å². The van der Waals surface area contributed by atoms with Crippen LogP contribution in [0.3, 0.4) is 0 Å². The van der Waals surface area contributed by atoms with Crippen molar-refractivity contribution in [2.24, 2.45) is 0 Å². The van der Waals surface area contributed by atoms with E-state index in [1.54, 1.807) is 0 Å². The predicted molar refractivity (Wildman–Crippen MR) is 266 cm³/mol. The summed E-state index contributed by atoms with van der Waals surface area (Å²) in [6.45, 7) is 12.0. The molecule has 2 nitrogen and oxygen atoms in total. The Hall–Kier alpha value is -6.36. The van der Waals surface area contributed by atoms with Crippen LogP contribution in [0.15, 0.2) is 158 Å². The van der Waals surface area contributed by atoms with Gasteiger partial charge in [-0.1, -0.05) is 142 Å². The van der Waals surface area contributed by atoms with E-state index < -0.39 is 0 Å². The molecular formula is C57H47BN2S. The number of anilines is 2. The van der Waals surface area contributed by atoms with Gasteiger partial charge in [0.1, 0.15) is 0 Å². The lowest BCUT2D eigenvalue weighted by molar-refractivity contribution is 0.332. The second kappa shape index (κ2) is 13.3. The zero-order chi connectivity index (χ0) is 41.2. The van der Waals surface area contributed by atoms with E-state index >= 15 is 0 Å². The maximum Gasteiger partial charge on any atom is 0.198 e. The van der Waals surface area contributed by atoms with Crippen LogP contribution in [0.4, 0.5) is 11.4 Å². The van der Waals surface area contributed by atoms with E-state index in [2.05, 4.69) is 202 Å². The van der Waals surface area contributed by atoms with Crippen LogP contribution in [0, 0.1) is 6.92 Å². The van der Waals surface area contributed by atoms with E-state index in [1.165, 1.54) is 122 Å². The van der Waals surface area contributed by atoms with Crippen molar-refractivity contribution >= 4 is 82.9 Å². The molecule has 1 aliphatic heterocycles. The first kappa shape index (κ1) is 36.5. The molecule has 4 heteroatoms. The molecule has 2 aromatic heterocycles. The highest BCUT2D eigenvalue weighted by atomic mass is 32.1. The van der Waals surface area contributed by atoms with Gasteiger partial charge in [0.25, 0.3) is 0 Å². The summed E-state index contributed by atoms with van der Waals surface area (Å²) in [5, 5.41) is 9.24. The third kappa shape index (κ3) is 5.61. The summed E-state index contributed by atoms with van der Waals surface area (Å²) >= 11 is 1.92. The molecular weight excluding hydrogens is 756 g/mol. The van der Waals surface area contributed by atoms with E-state index in [9.17, 15) is 0 Å². The number of hydrogen-bond donors (Lipinski definition) is 1. The Morgan fingerprint density at radius 3 is 2.02 bits per heavy atom. The fourth-order valence-electron chi connectivity index (χ4n) is 10.8. The second-order valence-electron chi connectivity index (χ2n) is 18.9. The fourth-order valence-corrected chi connectivity index (χ4v) is 11.9. The van der Waals surface area contributed by atoms with Gasteiger partial charge in [0.2, 0.25) is 0 Å². The molecule has 294 valence electrons. The highest BCUT2D eigenvalue weighted by molar-refractivity contribution is 7.26. The lowest BCUT2D eigenvalue weighted by atomic mass is 9.58. The van der Waals surface area contributed by atoms with Gasteiger partial charge in [0.15, 0.2) is 7.28 Å². The summed E-state index contributed by atoms with van der Waals surface area (Å²) in [5.74, 6) is 0. The van der Waals surface area contributed by atoms with Crippen LogP contribution in [0.2, 0.25) is 0 Å². The molecule has 1 aliphatic carbocycles. The Labute approximate surface area is 362 Å². The van der Waals surface area contributed by atoms with Crippen molar-refractivity contribution in [1.82, 2.24) is 4.57 Å². The van der Waals surface area contributed by atoms with Gasteiger partial charge in [0.05, 0.1) is 5.52 Å². The van der Waals surface area contributed by atoms with Crippen molar-refractivity contribution < 1.29 is 0 Å². The molecule has 8 aromatic carbocycles. The number of aryl methyl sites for hydroxylation is 1. The van der Waals surface area contributed by atoms with Crippen molar-refractivity contribution in [3.05, 3.63) is 174 Å². The summed E-state index contributed by atoms with van der Waals surface area (Å²) in [5.41, 5.74) is 20.8. The van der Waals surface area contributed by atoms with E-state index in [4.69, 9.17) is 0 Å².